The Morgan fingerprint density at radius 1 is 1.16 bits per heavy atom. The molecule has 1 N–H and O–H groups in total. The minimum atomic E-state index is -3.68. The number of carbonyl (C=O) groups excluding carboxylic acids is 1. The van der Waals surface area contributed by atoms with Crippen LogP contribution in [0.25, 0.3) is 0 Å². The fourth-order valence-electron chi connectivity index (χ4n) is 3.70. The number of amides is 1. The van der Waals surface area contributed by atoms with Crippen molar-refractivity contribution in [2.75, 3.05) is 32.6 Å². The summed E-state index contributed by atoms with van der Waals surface area (Å²) in [6.45, 7) is 0.763. The van der Waals surface area contributed by atoms with Crippen LogP contribution in [0, 0.1) is 11.7 Å². The molecular formula is C22H27FN2O5S. The van der Waals surface area contributed by atoms with Gasteiger partial charge in [-0.05, 0) is 61.6 Å². The summed E-state index contributed by atoms with van der Waals surface area (Å²) in [5, 5.41) is 2.84. The van der Waals surface area contributed by atoms with E-state index in [4.69, 9.17) is 9.47 Å². The molecule has 1 atom stereocenters. The molecule has 1 heterocycles. The van der Waals surface area contributed by atoms with Crippen LogP contribution in [0.5, 0.6) is 11.5 Å². The highest BCUT2D eigenvalue weighted by Crippen LogP contribution is 2.30. The number of carbonyl (C=O) groups is 1. The minimum Gasteiger partial charge on any atom is -0.497 e. The van der Waals surface area contributed by atoms with Gasteiger partial charge >= 0.3 is 0 Å². The number of piperidine rings is 1. The number of halogens is 1. The van der Waals surface area contributed by atoms with Gasteiger partial charge in [0, 0.05) is 25.6 Å². The van der Waals surface area contributed by atoms with Crippen LogP contribution in [0.4, 0.5) is 10.1 Å². The van der Waals surface area contributed by atoms with E-state index in [2.05, 4.69) is 5.32 Å². The molecule has 1 amide bonds. The first-order chi connectivity index (χ1) is 14.8. The highest BCUT2D eigenvalue weighted by atomic mass is 32.2. The Labute approximate surface area is 182 Å². The predicted octanol–water partition coefficient (Wildman–Crippen LogP) is 3.66. The summed E-state index contributed by atoms with van der Waals surface area (Å²) in [4.78, 5) is 12.6. The highest BCUT2D eigenvalue weighted by molar-refractivity contribution is 7.89. The average molecular weight is 451 g/mol. The van der Waals surface area contributed by atoms with E-state index < -0.39 is 15.8 Å². The van der Waals surface area contributed by atoms with E-state index in [9.17, 15) is 17.6 Å². The molecule has 2 aromatic rings. The topological polar surface area (TPSA) is 84.9 Å². The molecule has 0 bridgehead atoms. The lowest BCUT2D eigenvalue weighted by molar-refractivity contribution is -0.116. The Hall–Kier alpha value is -2.65. The molecule has 1 aliphatic heterocycles. The first-order valence-electron chi connectivity index (χ1n) is 10.1. The molecule has 1 unspecified atom stereocenters. The van der Waals surface area contributed by atoms with Crippen molar-refractivity contribution < 1.29 is 27.1 Å². The molecule has 168 valence electrons. The molecule has 0 aliphatic carbocycles. The number of benzene rings is 2. The molecule has 1 fully saturated rings. The number of nitrogens with one attached hydrogen (secondary N) is 1. The van der Waals surface area contributed by atoms with Crippen molar-refractivity contribution >= 4 is 21.6 Å². The molecule has 0 aromatic heterocycles. The maximum absolute atomic E-state index is 13.1. The zero-order valence-electron chi connectivity index (χ0n) is 17.6. The zero-order valence-corrected chi connectivity index (χ0v) is 18.5. The van der Waals surface area contributed by atoms with Crippen LogP contribution >= 0.6 is 0 Å². The second-order valence-electron chi connectivity index (χ2n) is 7.48. The SMILES string of the molecule is COc1ccc(OC)c(NC(=O)CCC2CCCN(S(=O)(=O)c3ccc(F)cc3)C2)c1. The molecule has 7 nitrogen and oxygen atoms in total. The fraction of sp³-hybridized carbons (Fsp3) is 0.409. The van der Waals surface area contributed by atoms with Crippen molar-refractivity contribution in [3.63, 3.8) is 0 Å². The zero-order chi connectivity index (χ0) is 22.4. The number of anilines is 1. The smallest absolute Gasteiger partial charge is 0.243 e. The Morgan fingerprint density at radius 2 is 1.90 bits per heavy atom. The van der Waals surface area contributed by atoms with Gasteiger partial charge in [0.2, 0.25) is 15.9 Å². The fourth-order valence-corrected chi connectivity index (χ4v) is 5.25. The third kappa shape index (κ3) is 5.74. The lowest BCUT2D eigenvalue weighted by atomic mass is 9.94. The number of methoxy groups -OCH3 is 2. The van der Waals surface area contributed by atoms with Crippen LogP contribution in [0.2, 0.25) is 0 Å². The van der Waals surface area contributed by atoms with Crippen LogP contribution in [0.3, 0.4) is 0 Å². The Morgan fingerprint density at radius 3 is 2.58 bits per heavy atom. The molecule has 0 saturated carbocycles. The largest absolute Gasteiger partial charge is 0.497 e. The maximum atomic E-state index is 13.1. The van der Waals surface area contributed by atoms with Crippen molar-refractivity contribution in [1.29, 1.82) is 0 Å². The predicted molar refractivity (Wildman–Crippen MR) is 115 cm³/mol. The molecule has 0 spiro atoms. The van der Waals surface area contributed by atoms with Crippen LogP contribution in [-0.2, 0) is 14.8 Å². The quantitative estimate of drug-likeness (QED) is 0.664. The number of hydrogen-bond donors (Lipinski definition) is 1. The van der Waals surface area contributed by atoms with Gasteiger partial charge in [0.15, 0.2) is 0 Å². The van der Waals surface area contributed by atoms with Gasteiger partial charge in [0.05, 0.1) is 24.8 Å². The Balaban J connectivity index is 1.58. The second-order valence-corrected chi connectivity index (χ2v) is 9.42. The van der Waals surface area contributed by atoms with Crippen molar-refractivity contribution in [2.45, 2.75) is 30.6 Å². The summed E-state index contributed by atoms with van der Waals surface area (Å²) in [5.74, 6) is 0.551. The summed E-state index contributed by atoms with van der Waals surface area (Å²) in [5.41, 5.74) is 0.524. The molecule has 1 saturated heterocycles. The Bertz CT molecular complexity index is 1010. The number of hydrogen-bond acceptors (Lipinski definition) is 5. The normalized spacial score (nSPS) is 17.2. The monoisotopic (exact) mass is 450 g/mol. The molecule has 31 heavy (non-hydrogen) atoms. The van der Waals surface area contributed by atoms with E-state index in [0.29, 0.717) is 36.7 Å². The maximum Gasteiger partial charge on any atom is 0.243 e. The van der Waals surface area contributed by atoms with Gasteiger partial charge in [-0.1, -0.05) is 0 Å². The van der Waals surface area contributed by atoms with Gasteiger partial charge in [-0.2, -0.15) is 4.31 Å². The summed E-state index contributed by atoms with van der Waals surface area (Å²) in [6, 6.07) is 10.00. The molecular weight excluding hydrogens is 423 g/mol. The molecule has 2 aromatic carbocycles. The van der Waals surface area contributed by atoms with Gasteiger partial charge in [-0.3, -0.25) is 4.79 Å². The third-order valence-corrected chi connectivity index (χ3v) is 7.27. The number of rotatable bonds is 8. The van der Waals surface area contributed by atoms with Crippen molar-refractivity contribution in [3.05, 3.63) is 48.3 Å². The molecule has 0 radical (unpaired) electrons. The summed E-state index contributed by atoms with van der Waals surface area (Å²) in [6.07, 6.45) is 2.39. The van der Waals surface area contributed by atoms with Crippen LogP contribution in [-0.4, -0.2) is 45.9 Å². The molecule has 1 aliphatic rings. The van der Waals surface area contributed by atoms with Gasteiger partial charge in [-0.15, -0.1) is 0 Å². The minimum absolute atomic E-state index is 0.0712. The summed E-state index contributed by atoms with van der Waals surface area (Å²) < 4.78 is 50.7. The second kappa shape index (κ2) is 10.1. The number of ether oxygens (including phenoxy) is 2. The van der Waals surface area contributed by atoms with Gasteiger partial charge in [-0.25, -0.2) is 12.8 Å². The van der Waals surface area contributed by atoms with Gasteiger partial charge < -0.3 is 14.8 Å². The Kier molecular flexibility index (Phi) is 7.50. The van der Waals surface area contributed by atoms with E-state index >= 15 is 0 Å². The van der Waals surface area contributed by atoms with Crippen LogP contribution in [0.1, 0.15) is 25.7 Å². The van der Waals surface area contributed by atoms with Crippen LogP contribution in [0.15, 0.2) is 47.4 Å². The van der Waals surface area contributed by atoms with Crippen molar-refractivity contribution in [1.82, 2.24) is 4.31 Å². The highest BCUT2D eigenvalue weighted by Gasteiger charge is 2.30. The van der Waals surface area contributed by atoms with Crippen molar-refractivity contribution in [3.8, 4) is 11.5 Å². The van der Waals surface area contributed by atoms with E-state index in [-0.39, 0.29) is 23.1 Å². The van der Waals surface area contributed by atoms with Crippen molar-refractivity contribution in [2.24, 2.45) is 5.92 Å². The van der Waals surface area contributed by atoms with Gasteiger partial charge in [0.1, 0.15) is 17.3 Å². The van der Waals surface area contributed by atoms with E-state index in [1.807, 2.05) is 0 Å². The lowest BCUT2D eigenvalue weighted by Crippen LogP contribution is -2.40. The standard InChI is InChI=1S/C22H27FN2O5S/c1-29-18-8-11-21(30-2)20(14-18)24-22(26)12-5-16-4-3-13-25(15-16)31(27,28)19-9-6-17(23)7-10-19/h6-11,14,16H,3-5,12-13,15H2,1-2H3,(H,24,26). The van der Waals surface area contributed by atoms with Gasteiger partial charge in [0.25, 0.3) is 0 Å². The number of nitrogens with zero attached hydrogens (tertiary/aromatic N) is 1. The summed E-state index contributed by atoms with van der Waals surface area (Å²) in [7, 11) is -0.613. The first kappa shape index (κ1) is 23.0. The lowest BCUT2D eigenvalue weighted by Gasteiger charge is -2.32. The third-order valence-electron chi connectivity index (χ3n) is 5.39. The van der Waals surface area contributed by atoms with Crippen LogP contribution < -0.4 is 14.8 Å². The van der Waals surface area contributed by atoms with E-state index in [1.54, 1.807) is 25.3 Å². The first-order valence-corrected chi connectivity index (χ1v) is 11.5. The molecule has 3 rings (SSSR count). The molecule has 9 heteroatoms. The summed E-state index contributed by atoms with van der Waals surface area (Å²) >= 11 is 0. The average Bonchev–Trinajstić information content (AvgIpc) is 2.78. The number of sulfonamides is 1. The van der Waals surface area contributed by atoms with E-state index in [0.717, 1.165) is 25.0 Å². The van der Waals surface area contributed by atoms with E-state index in [1.165, 1.54) is 23.5 Å².